The van der Waals surface area contributed by atoms with Crippen molar-refractivity contribution in [2.45, 2.75) is 49.9 Å². The Balaban J connectivity index is 1.23. The predicted octanol–water partition coefficient (Wildman–Crippen LogP) is 6.93. The van der Waals surface area contributed by atoms with Gasteiger partial charge in [-0.15, -0.1) is 0 Å². The van der Waals surface area contributed by atoms with Crippen molar-refractivity contribution in [3.05, 3.63) is 102 Å². The van der Waals surface area contributed by atoms with Crippen LogP contribution in [0.3, 0.4) is 0 Å². The molecule has 0 unspecified atom stereocenters. The maximum absolute atomic E-state index is 13.4. The lowest BCUT2D eigenvalue weighted by Crippen LogP contribution is -2.48. The van der Waals surface area contributed by atoms with E-state index in [0.29, 0.717) is 5.41 Å². The van der Waals surface area contributed by atoms with Crippen LogP contribution in [-0.2, 0) is 10.2 Å². The molecule has 1 N–H and O–H groups in total. The van der Waals surface area contributed by atoms with Crippen LogP contribution in [0.5, 0.6) is 0 Å². The van der Waals surface area contributed by atoms with Crippen LogP contribution in [0.2, 0.25) is 0 Å². The largest absolute Gasteiger partial charge is 0.325 e. The summed E-state index contributed by atoms with van der Waals surface area (Å²) < 4.78 is 0. The van der Waals surface area contributed by atoms with Gasteiger partial charge in [0.2, 0.25) is 5.91 Å². The molecule has 3 aromatic rings. The average molecular weight is 422 g/mol. The molecular weight excluding hydrogens is 390 g/mol. The van der Waals surface area contributed by atoms with E-state index in [1.807, 2.05) is 60.7 Å². The SMILES string of the molecule is O=C(Nc1ccc(C23CC4CC(CC(C4)C2)C3)cc1)C(c1ccccc1)c1ccccc1. The Bertz CT molecular complexity index is 1010. The van der Waals surface area contributed by atoms with Gasteiger partial charge in [-0.25, -0.2) is 0 Å². The first-order valence-corrected chi connectivity index (χ1v) is 12.2. The van der Waals surface area contributed by atoms with Crippen LogP contribution in [0.1, 0.15) is 61.1 Å². The fraction of sp³-hybridized carbons (Fsp3) is 0.367. The summed E-state index contributed by atoms with van der Waals surface area (Å²) in [6, 6.07) is 29.0. The Hall–Kier alpha value is -2.87. The van der Waals surface area contributed by atoms with Crippen LogP contribution in [0.4, 0.5) is 5.69 Å². The fourth-order valence-electron chi connectivity index (χ4n) is 7.37. The summed E-state index contributed by atoms with van der Waals surface area (Å²) in [6.45, 7) is 0. The lowest BCUT2D eigenvalue weighted by atomic mass is 9.48. The third kappa shape index (κ3) is 3.56. The minimum absolute atomic E-state index is 0.0185. The highest BCUT2D eigenvalue weighted by atomic mass is 16.1. The van der Waals surface area contributed by atoms with Crippen LogP contribution >= 0.6 is 0 Å². The predicted molar refractivity (Wildman–Crippen MR) is 130 cm³/mol. The summed E-state index contributed by atoms with van der Waals surface area (Å²) in [5, 5.41) is 3.20. The van der Waals surface area contributed by atoms with Gasteiger partial charge in [-0.1, -0.05) is 72.8 Å². The number of rotatable bonds is 5. The van der Waals surface area contributed by atoms with Crippen molar-refractivity contribution in [3.63, 3.8) is 0 Å². The van der Waals surface area contributed by atoms with E-state index in [0.717, 1.165) is 34.6 Å². The van der Waals surface area contributed by atoms with Gasteiger partial charge in [-0.3, -0.25) is 4.79 Å². The first-order valence-electron chi connectivity index (χ1n) is 12.2. The van der Waals surface area contributed by atoms with Crippen molar-refractivity contribution < 1.29 is 4.79 Å². The lowest BCUT2D eigenvalue weighted by molar-refractivity contribution is -0.116. The summed E-state index contributed by atoms with van der Waals surface area (Å²) in [4.78, 5) is 13.4. The third-order valence-electron chi connectivity index (χ3n) is 8.33. The number of hydrogen-bond acceptors (Lipinski definition) is 1. The molecule has 4 saturated carbocycles. The highest BCUT2D eigenvalue weighted by molar-refractivity contribution is 5.98. The second kappa shape index (κ2) is 7.92. The Labute approximate surface area is 191 Å². The standard InChI is InChI=1S/C30H31NO/c32-29(28(24-7-3-1-4-8-24)25-9-5-2-6-10-25)31-27-13-11-26(12-14-27)30-18-21-15-22(19-30)17-23(16-21)20-30/h1-14,21-23,28H,15-20H2,(H,31,32). The van der Waals surface area contributed by atoms with Crippen molar-refractivity contribution >= 4 is 11.6 Å². The minimum Gasteiger partial charge on any atom is -0.325 e. The molecule has 0 aliphatic heterocycles. The first kappa shape index (κ1) is 19.8. The van der Waals surface area contributed by atoms with Gasteiger partial charge >= 0.3 is 0 Å². The second-order valence-corrected chi connectivity index (χ2v) is 10.5. The monoisotopic (exact) mass is 421 g/mol. The van der Waals surface area contributed by atoms with Gasteiger partial charge < -0.3 is 5.32 Å². The second-order valence-electron chi connectivity index (χ2n) is 10.5. The Morgan fingerprint density at radius 3 is 1.62 bits per heavy atom. The zero-order valence-corrected chi connectivity index (χ0v) is 18.5. The zero-order chi connectivity index (χ0) is 21.5. The van der Waals surface area contributed by atoms with Gasteiger partial charge in [0.1, 0.15) is 0 Å². The smallest absolute Gasteiger partial charge is 0.236 e. The summed E-state index contributed by atoms with van der Waals surface area (Å²) in [5.74, 6) is 2.53. The zero-order valence-electron chi connectivity index (χ0n) is 18.5. The van der Waals surface area contributed by atoms with Crippen molar-refractivity contribution in [1.82, 2.24) is 0 Å². The average Bonchev–Trinajstić information content (AvgIpc) is 2.80. The molecule has 3 aromatic carbocycles. The molecule has 0 atom stereocenters. The van der Waals surface area contributed by atoms with Crippen molar-refractivity contribution in [3.8, 4) is 0 Å². The third-order valence-corrected chi connectivity index (χ3v) is 8.33. The van der Waals surface area contributed by atoms with E-state index in [1.54, 1.807) is 0 Å². The van der Waals surface area contributed by atoms with Crippen LogP contribution < -0.4 is 5.32 Å². The van der Waals surface area contributed by atoms with Gasteiger partial charge in [-0.05, 0) is 90.5 Å². The van der Waals surface area contributed by atoms with Gasteiger partial charge in [-0.2, -0.15) is 0 Å². The first-order chi connectivity index (χ1) is 15.7. The van der Waals surface area contributed by atoms with Crippen molar-refractivity contribution in [2.75, 3.05) is 5.32 Å². The maximum atomic E-state index is 13.4. The number of nitrogens with one attached hydrogen (secondary N) is 1. The van der Waals surface area contributed by atoms with Crippen LogP contribution in [0, 0.1) is 17.8 Å². The Morgan fingerprint density at radius 2 is 1.16 bits per heavy atom. The summed E-state index contributed by atoms with van der Waals surface area (Å²) in [7, 11) is 0. The molecule has 4 fully saturated rings. The van der Waals surface area contributed by atoms with Gasteiger partial charge in [0.05, 0.1) is 5.92 Å². The van der Waals surface area contributed by atoms with E-state index in [-0.39, 0.29) is 11.8 Å². The lowest BCUT2D eigenvalue weighted by Gasteiger charge is -2.57. The van der Waals surface area contributed by atoms with Gasteiger partial charge in [0.25, 0.3) is 0 Å². The molecule has 0 saturated heterocycles. The quantitative estimate of drug-likeness (QED) is 0.476. The molecule has 7 rings (SSSR count). The number of amides is 1. The highest BCUT2D eigenvalue weighted by Crippen LogP contribution is 2.60. The normalized spacial score (nSPS) is 28.1. The number of benzene rings is 3. The van der Waals surface area contributed by atoms with E-state index in [4.69, 9.17) is 0 Å². The van der Waals surface area contributed by atoms with E-state index >= 15 is 0 Å². The molecule has 4 aliphatic rings. The van der Waals surface area contributed by atoms with Gasteiger partial charge in [0.15, 0.2) is 0 Å². The Kier molecular flexibility index (Phi) is 4.90. The number of carbonyl (C=O) groups excluding carboxylic acids is 1. The molecule has 0 spiro atoms. The molecule has 0 heterocycles. The summed E-state index contributed by atoms with van der Waals surface area (Å²) in [6.07, 6.45) is 8.51. The van der Waals surface area contributed by atoms with Crippen LogP contribution in [0.25, 0.3) is 0 Å². The maximum Gasteiger partial charge on any atom is 0.236 e. The van der Waals surface area contributed by atoms with E-state index < -0.39 is 0 Å². The fourth-order valence-corrected chi connectivity index (χ4v) is 7.37. The number of hydrogen-bond donors (Lipinski definition) is 1. The van der Waals surface area contributed by atoms with E-state index in [2.05, 4.69) is 29.6 Å². The molecule has 4 aliphatic carbocycles. The molecule has 2 nitrogen and oxygen atoms in total. The molecule has 0 aromatic heterocycles. The molecule has 2 heteroatoms. The van der Waals surface area contributed by atoms with Crippen LogP contribution in [-0.4, -0.2) is 5.91 Å². The highest BCUT2D eigenvalue weighted by Gasteiger charge is 2.51. The topological polar surface area (TPSA) is 29.1 Å². The molecule has 32 heavy (non-hydrogen) atoms. The molecule has 4 bridgehead atoms. The number of anilines is 1. The van der Waals surface area contributed by atoms with Crippen LogP contribution in [0.15, 0.2) is 84.9 Å². The van der Waals surface area contributed by atoms with E-state index in [1.165, 1.54) is 44.1 Å². The molecule has 0 radical (unpaired) electrons. The van der Waals surface area contributed by atoms with Crippen molar-refractivity contribution in [1.29, 1.82) is 0 Å². The number of carbonyl (C=O) groups is 1. The Morgan fingerprint density at radius 1 is 0.688 bits per heavy atom. The van der Waals surface area contributed by atoms with Gasteiger partial charge in [0, 0.05) is 5.69 Å². The molecule has 1 amide bonds. The summed E-state index contributed by atoms with van der Waals surface area (Å²) >= 11 is 0. The van der Waals surface area contributed by atoms with Crippen molar-refractivity contribution in [2.24, 2.45) is 17.8 Å². The minimum atomic E-state index is -0.319. The summed E-state index contributed by atoms with van der Waals surface area (Å²) in [5.41, 5.74) is 4.81. The van der Waals surface area contributed by atoms with E-state index in [9.17, 15) is 4.79 Å². The molecule has 162 valence electrons. The molecular formula is C30H31NO.